The van der Waals surface area contributed by atoms with E-state index >= 15 is 0 Å². The molecule has 25 heavy (non-hydrogen) atoms. The lowest BCUT2D eigenvalue weighted by Crippen LogP contribution is -2.58. The number of phenols is 4. The van der Waals surface area contributed by atoms with Gasteiger partial charge in [-0.15, -0.1) is 0 Å². The molecular formula is C15H10Br4O6. The van der Waals surface area contributed by atoms with E-state index in [2.05, 4.69) is 63.7 Å². The van der Waals surface area contributed by atoms with Crippen molar-refractivity contribution in [3.63, 3.8) is 0 Å². The highest BCUT2D eigenvalue weighted by atomic mass is 79.9. The minimum Gasteiger partial charge on any atom is -0.508 e. The summed E-state index contributed by atoms with van der Waals surface area (Å²) in [5.74, 6) is -1.24. The highest BCUT2D eigenvalue weighted by Crippen LogP contribution is 2.68. The van der Waals surface area contributed by atoms with Gasteiger partial charge in [-0.1, -0.05) is 37.9 Å². The summed E-state index contributed by atoms with van der Waals surface area (Å²) in [6.45, 7) is 0. The lowest BCUT2D eigenvalue weighted by molar-refractivity contribution is -0.0292. The van der Waals surface area contributed by atoms with E-state index in [-0.39, 0.29) is 34.1 Å². The molecular weight excluding hydrogens is 596 g/mol. The Bertz CT molecular complexity index is 869. The maximum Gasteiger partial charge on any atom is 0.229 e. The first-order valence-corrected chi connectivity index (χ1v) is 9.85. The number of benzene rings is 2. The van der Waals surface area contributed by atoms with E-state index in [0.29, 0.717) is 0 Å². The first-order chi connectivity index (χ1) is 11.4. The number of aromatic hydroxyl groups is 4. The molecule has 10 heteroatoms. The quantitative estimate of drug-likeness (QED) is 0.247. The second-order valence-electron chi connectivity index (χ2n) is 5.44. The summed E-state index contributed by atoms with van der Waals surface area (Å²) in [7, 11) is 0. The predicted octanol–water partition coefficient (Wildman–Crippen LogP) is 4.18. The number of aliphatic hydroxyl groups is 1. The molecule has 0 fully saturated rings. The van der Waals surface area contributed by atoms with Gasteiger partial charge in [-0.05, 0) is 44.0 Å². The topological polar surface area (TPSA) is 110 Å². The van der Waals surface area contributed by atoms with Crippen molar-refractivity contribution < 1.29 is 30.3 Å². The first-order valence-electron chi connectivity index (χ1n) is 6.67. The molecule has 5 N–H and O–H groups in total. The Morgan fingerprint density at radius 1 is 0.800 bits per heavy atom. The van der Waals surface area contributed by atoms with Gasteiger partial charge in [0, 0.05) is 17.7 Å². The van der Waals surface area contributed by atoms with E-state index in [4.69, 9.17) is 4.74 Å². The minimum atomic E-state index is -1.95. The van der Waals surface area contributed by atoms with E-state index in [1.54, 1.807) is 0 Å². The Morgan fingerprint density at radius 2 is 1.44 bits per heavy atom. The molecule has 1 heterocycles. The Kier molecular flexibility index (Phi) is 4.52. The van der Waals surface area contributed by atoms with Gasteiger partial charge >= 0.3 is 0 Å². The van der Waals surface area contributed by atoms with Crippen LogP contribution in [0, 0.1) is 0 Å². The Balaban J connectivity index is 2.30. The summed E-state index contributed by atoms with van der Waals surface area (Å²) in [6.07, 6.45) is 0. The smallest absolute Gasteiger partial charge is 0.229 e. The second-order valence-corrected chi connectivity index (χ2v) is 11.1. The highest BCUT2D eigenvalue weighted by Gasteiger charge is 2.67. The molecule has 0 aromatic heterocycles. The number of hydrogen-bond acceptors (Lipinski definition) is 6. The molecule has 1 aliphatic heterocycles. The zero-order chi connectivity index (χ0) is 18.8. The van der Waals surface area contributed by atoms with E-state index in [1.807, 2.05) is 0 Å². The monoisotopic (exact) mass is 602 g/mol. The maximum absolute atomic E-state index is 11.2. The molecule has 0 amide bonds. The molecule has 0 saturated carbocycles. The van der Waals surface area contributed by atoms with Crippen molar-refractivity contribution >= 4 is 63.7 Å². The van der Waals surface area contributed by atoms with Gasteiger partial charge in [0.2, 0.25) is 9.02 Å². The van der Waals surface area contributed by atoms with Crippen LogP contribution in [-0.2, 0) is 7.74 Å². The molecule has 2 atom stereocenters. The number of alkyl halides is 4. The van der Waals surface area contributed by atoms with Crippen LogP contribution in [0.5, 0.6) is 28.7 Å². The SMILES string of the molecule is Oc1cc(O)c2c(c1)O[C@@](Br)(c1ccc(O)c(O)c1)[C@@](O)(Br)C2(Br)Br. The fourth-order valence-corrected chi connectivity index (χ4v) is 5.66. The van der Waals surface area contributed by atoms with Crippen LogP contribution >= 0.6 is 63.7 Å². The van der Waals surface area contributed by atoms with Crippen molar-refractivity contribution in [2.45, 2.75) is 12.3 Å². The van der Waals surface area contributed by atoms with Gasteiger partial charge in [0.1, 0.15) is 17.2 Å². The predicted molar refractivity (Wildman–Crippen MR) is 104 cm³/mol. The van der Waals surface area contributed by atoms with E-state index in [9.17, 15) is 25.5 Å². The van der Waals surface area contributed by atoms with E-state index in [1.165, 1.54) is 24.3 Å². The number of fused-ring (bicyclic) bond motifs is 1. The number of hydrogen-bond donors (Lipinski definition) is 5. The third-order valence-electron chi connectivity index (χ3n) is 3.82. The number of rotatable bonds is 1. The summed E-state index contributed by atoms with van der Waals surface area (Å²) >= 11 is 13.3. The molecule has 6 nitrogen and oxygen atoms in total. The van der Waals surface area contributed by atoms with Crippen LogP contribution in [-0.4, -0.2) is 30.0 Å². The zero-order valence-corrected chi connectivity index (χ0v) is 18.4. The molecule has 0 spiro atoms. The van der Waals surface area contributed by atoms with Gasteiger partial charge in [-0.3, -0.25) is 0 Å². The lowest BCUT2D eigenvalue weighted by atomic mass is 9.93. The molecule has 0 saturated heterocycles. The molecule has 0 bridgehead atoms. The van der Waals surface area contributed by atoms with Gasteiger partial charge in [0.05, 0.1) is 5.56 Å². The van der Waals surface area contributed by atoms with Crippen LogP contribution in [0.2, 0.25) is 0 Å². The number of phenolic OH excluding ortho intramolecular Hbond substituents is 4. The number of halogens is 4. The van der Waals surface area contributed by atoms with Crippen LogP contribution in [0.1, 0.15) is 11.1 Å². The van der Waals surface area contributed by atoms with E-state index < -0.39 is 18.0 Å². The third-order valence-corrected chi connectivity index (χ3v) is 9.70. The Labute approximate surface area is 175 Å². The van der Waals surface area contributed by atoms with Gasteiger partial charge in [0.25, 0.3) is 0 Å². The van der Waals surface area contributed by atoms with Gasteiger partial charge in [-0.2, -0.15) is 0 Å². The highest BCUT2D eigenvalue weighted by molar-refractivity contribution is 9.25. The lowest BCUT2D eigenvalue weighted by Gasteiger charge is -2.50. The van der Waals surface area contributed by atoms with Crippen molar-refractivity contribution in [1.82, 2.24) is 0 Å². The van der Waals surface area contributed by atoms with Gasteiger partial charge in [-0.25, -0.2) is 0 Å². The van der Waals surface area contributed by atoms with Crippen LogP contribution in [0.4, 0.5) is 0 Å². The number of ether oxygens (including phenoxy) is 1. The standard InChI is InChI=1S/C15H10Br4O6/c16-13(17)12-10(23)4-7(20)5-11(12)25-14(18,15(13,19)24)6-1-2-8(21)9(22)3-6/h1-5,20-24H/t14-,15+/m0/s1. The van der Waals surface area contributed by atoms with E-state index in [0.717, 1.165) is 6.07 Å². The molecule has 134 valence electrons. The molecule has 0 radical (unpaired) electrons. The average Bonchev–Trinajstić information content (AvgIpc) is 2.47. The minimum absolute atomic E-state index is 0.0693. The van der Waals surface area contributed by atoms with Crippen LogP contribution in [0.3, 0.4) is 0 Å². The van der Waals surface area contributed by atoms with Gasteiger partial charge in [0.15, 0.2) is 14.7 Å². The van der Waals surface area contributed by atoms with Gasteiger partial charge < -0.3 is 30.3 Å². The molecule has 3 rings (SSSR count). The normalized spacial score (nSPS) is 27.4. The maximum atomic E-state index is 11.2. The summed E-state index contributed by atoms with van der Waals surface area (Å²) in [4.78, 5) is 0. The second kappa shape index (κ2) is 5.91. The van der Waals surface area contributed by atoms with Crippen molar-refractivity contribution in [1.29, 1.82) is 0 Å². The van der Waals surface area contributed by atoms with Crippen molar-refractivity contribution in [2.24, 2.45) is 0 Å². The zero-order valence-electron chi connectivity index (χ0n) is 12.0. The Hall–Kier alpha value is -0.680. The first kappa shape index (κ1) is 19.1. The van der Waals surface area contributed by atoms with Crippen molar-refractivity contribution in [3.8, 4) is 28.7 Å². The summed E-state index contributed by atoms with van der Waals surface area (Å²) in [5.41, 5.74) is 0.390. The summed E-state index contributed by atoms with van der Waals surface area (Å²) in [6, 6.07) is 6.25. The third kappa shape index (κ3) is 2.64. The Morgan fingerprint density at radius 3 is 2.04 bits per heavy atom. The molecule has 1 aliphatic rings. The van der Waals surface area contributed by atoms with Crippen LogP contribution in [0.25, 0.3) is 0 Å². The van der Waals surface area contributed by atoms with Crippen LogP contribution in [0.15, 0.2) is 30.3 Å². The van der Waals surface area contributed by atoms with Crippen LogP contribution < -0.4 is 4.74 Å². The fraction of sp³-hybridized carbons (Fsp3) is 0.200. The molecule has 0 unspecified atom stereocenters. The summed E-state index contributed by atoms with van der Waals surface area (Å²) in [5, 5.41) is 50.5. The van der Waals surface area contributed by atoms with Crippen molar-refractivity contribution in [2.75, 3.05) is 0 Å². The summed E-state index contributed by atoms with van der Waals surface area (Å²) < 4.78 is 0.761. The fourth-order valence-electron chi connectivity index (χ4n) is 2.54. The average molecular weight is 606 g/mol. The molecule has 2 aromatic carbocycles. The molecule has 2 aromatic rings. The molecule has 0 aliphatic carbocycles. The van der Waals surface area contributed by atoms with Crippen molar-refractivity contribution in [3.05, 3.63) is 41.5 Å². The largest absolute Gasteiger partial charge is 0.508 e.